The van der Waals surface area contributed by atoms with Crippen molar-refractivity contribution in [1.29, 1.82) is 0 Å². The minimum Gasteiger partial charge on any atom is -0.478 e. The third kappa shape index (κ3) is 3.01. The lowest BCUT2D eigenvalue weighted by molar-refractivity contribution is -0.133. The molecule has 88 valence electrons. The molecular formula is C11H6F2O4. The van der Waals surface area contributed by atoms with Gasteiger partial charge in [0.1, 0.15) is 11.6 Å². The summed E-state index contributed by atoms with van der Waals surface area (Å²) in [7, 11) is 1.07. The fourth-order valence-electron chi connectivity index (χ4n) is 0.981. The zero-order chi connectivity index (χ0) is 13.0. The van der Waals surface area contributed by atoms with Crippen LogP contribution in [-0.4, -0.2) is 24.2 Å². The number of ether oxygens (including phenoxy) is 1. The quantitative estimate of drug-likeness (QED) is 0.591. The van der Waals surface area contributed by atoms with Crippen LogP contribution in [0.2, 0.25) is 0 Å². The number of carboxylic acids is 1. The number of carbonyl (C=O) groups is 2. The van der Waals surface area contributed by atoms with Crippen molar-refractivity contribution in [2.75, 3.05) is 7.11 Å². The van der Waals surface area contributed by atoms with Gasteiger partial charge in [-0.15, -0.1) is 0 Å². The van der Waals surface area contributed by atoms with Crippen molar-refractivity contribution >= 4 is 11.9 Å². The standard InChI is InChI=1S/C11H6F2O4/c1-17-10(14)3-2-7-8(12)4-6(11(15)16)5-9(7)13/h4-5H,1H3,(H,15,16). The summed E-state index contributed by atoms with van der Waals surface area (Å²) >= 11 is 0. The van der Waals surface area contributed by atoms with Crippen LogP contribution in [0.15, 0.2) is 12.1 Å². The zero-order valence-corrected chi connectivity index (χ0v) is 8.58. The fraction of sp³-hybridized carbons (Fsp3) is 0.0909. The van der Waals surface area contributed by atoms with Gasteiger partial charge in [-0.2, -0.15) is 0 Å². The lowest BCUT2D eigenvalue weighted by Crippen LogP contribution is -2.02. The maximum Gasteiger partial charge on any atom is 0.384 e. The van der Waals surface area contributed by atoms with Gasteiger partial charge in [0.2, 0.25) is 0 Å². The van der Waals surface area contributed by atoms with E-state index in [0.717, 1.165) is 7.11 Å². The van der Waals surface area contributed by atoms with E-state index in [1.807, 2.05) is 11.8 Å². The molecule has 0 aliphatic carbocycles. The molecule has 17 heavy (non-hydrogen) atoms. The first kappa shape index (κ1) is 12.6. The van der Waals surface area contributed by atoms with E-state index >= 15 is 0 Å². The number of carbonyl (C=O) groups excluding carboxylic acids is 1. The summed E-state index contributed by atoms with van der Waals surface area (Å²) in [6.45, 7) is 0. The number of hydrogen-bond acceptors (Lipinski definition) is 3. The van der Waals surface area contributed by atoms with Crippen molar-refractivity contribution in [3.8, 4) is 11.8 Å². The first-order valence-corrected chi connectivity index (χ1v) is 4.28. The number of esters is 1. The molecule has 0 unspecified atom stereocenters. The predicted octanol–water partition coefficient (Wildman–Crippen LogP) is 1.19. The predicted molar refractivity (Wildman–Crippen MR) is 52.2 cm³/mol. The highest BCUT2D eigenvalue weighted by molar-refractivity contribution is 5.89. The van der Waals surface area contributed by atoms with Crippen molar-refractivity contribution in [2.45, 2.75) is 0 Å². The number of methoxy groups -OCH3 is 1. The minimum absolute atomic E-state index is 0.538. The summed E-state index contributed by atoms with van der Waals surface area (Å²) in [5.74, 6) is -0.952. The Kier molecular flexibility index (Phi) is 3.78. The first-order chi connectivity index (χ1) is 7.95. The highest BCUT2D eigenvalue weighted by Gasteiger charge is 2.13. The molecule has 0 atom stereocenters. The number of aromatic carboxylic acids is 1. The Morgan fingerprint density at radius 3 is 2.24 bits per heavy atom. The van der Waals surface area contributed by atoms with E-state index in [9.17, 15) is 18.4 Å². The van der Waals surface area contributed by atoms with Crippen LogP contribution >= 0.6 is 0 Å². The molecule has 0 heterocycles. The lowest BCUT2D eigenvalue weighted by Gasteiger charge is -1.99. The Bertz CT molecular complexity index is 517. The Labute approximate surface area is 94.8 Å². The Morgan fingerprint density at radius 1 is 1.29 bits per heavy atom. The Morgan fingerprint density at radius 2 is 1.82 bits per heavy atom. The normalized spacial score (nSPS) is 9.12. The van der Waals surface area contributed by atoms with E-state index in [4.69, 9.17) is 5.11 Å². The Hall–Kier alpha value is -2.42. The van der Waals surface area contributed by atoms with E-state index in [-0.39, 0.29) is 0 Å². The molecule has 0 bridgehead atoms. The molecule has 6 heteroatoms. The number of carboxylic acid groups (broad SMARTS) is 1. The van der Waals surface area contributed by atoms with Gasteiger partial charge in [0.05, 0.1) is 18.2 Å². The van der Waals surface area contributed by atoms with Crippen LogP contribution in [-0.2, 0) is 9.53 Å². The average Bonchev–Trinajstić information content (AvgIpc) is 2.27. The van der Waals surface area contributed by atoms with E-state index in [0.29, 0.717) is 12.1 Å². The maximum atomic E-state index is 13.3. The number of benzene rings is 1. The molecule has 0 fully saturated rings. The topological polar surface area (TPSA) is 63.6 Å². The molecule has 0 saturated carbocycles. The van der Waals surface area contributed by atoms with Crippen LogP contribution in [0.25, 0.3) is 0 Å². The van der Waals surface area contributed by atoms with Gasteiger partial charge in [0.15, 0.2) is 0 Å². The van der Waals surface area contributed by atoms with Crippen molar-refractivity contribution < 1.29 is 28.2 Å². The summed E-state index contributed by atoms with van der Waals surface area (Å²) < 4.78 is 30.7. The molecule has 0 radical (unpaired) electrons. The summed E-state index contributed by atoms with van der Waals surface area (Å²) in [5, 5.41) is 8.54. The van der Waals surface area contributed by atoms with Gasteiger partial charge in [-0.3, -0.25) is 0 Å². The summed E-state index contributed by atoms with van der Waals surface area (Å²) in [4.78, 5) is 21.1. The molecule has 0 aromatic heterocycles. The van der Waals surface area contributed by atoms with Gasteiger partial charge in [-0.05, 0) is 18.1 Å². The lowest BCUT2D eigenvalue weighted by atomic mass is 10.1. The first-order valence-electron chi connectivity index (χ1n) is 4.28. The molecule has 0 amide bonds. The van der Waals surface area contributed by atoms with Crippen LogP contribution in [0, 0.1) is 23.5 Å². The Balaban J connectivity index is 3.22. The van der Waals surface area contributed by atoms with Crippen LogP contribution < -0.4 is 0 Å². The smallest absolute Gasteiger partial charge is 0.384 e. The van der Waals surface area contributed by atoms with Crippen molar-refractivity contribution in [3.63, 3.8) is 0 Å². The second kappa shape index (κ2) is 5.07. The van der Waals surface area contributed by atoms with Gasteiger partial charge >= 0.3 is 11.9 Å². The second-order valence-corrected chi connectivity index (χ2v) is 2.86. The van der Waals surface area contributed by atoms with Crippen LogP contribution in [0.4, 0.5) is 8.78 Å². The van der Waals surface area contributed by atoms with Gasteiger partial charge in [-0.25, -0.2) is 18.4 Å². The molecule has 0 spiro atoms. The van der Waals surface area contributed by atoms with Crippen molar-refractivity contribution in [2.24, 2.45) is 0 Å². The average molecular weight is 240 g/mol. The molecule has 1 rings (SSSR count). The van der Waals surface area contributed by atoms with E-state index in [1.165, 1.54) is 0 Å². The SMILES string of the molecule is COC(=O)C#Cc1c(F)cc(C(=O)O)cc1F. The monoisotopic (exact) mass is 240 g/mol. The fourth-order valence-corrected chi connectivity index (χ4v) is 0.981. The second-order valence-electron chi connectivity index (χ2n) is 2.86. The van der Waals surface area contributed by atoms with Gasteiger partial charge < -0.3 is 9.84 Å². The van der Waals surface area contributed by atoms with Gasteiger partial charge in [0, 0.05) is 5.92 Å². The molecule has 0 aliphatic heterocycles. The van der Waals surface area contributed by atoms with E-state index < -0.39 is 34.7 Å². The van der Waals surface area contributed by atoms with Gasteiger partial charge in [-0.1, -0.05) is 0 Å². The highest BCUT2D eigenvalue weighted by atomic mass is 19.1. The number of rotatable bonds is 1. The summed E-state index contributed by atoms with van der Waals surface area (Å²) in [6, 6.07) is 1.24. The molecule has 0 saturated heterocycles. The molecule has 1 aromatic rings. The third-order valence-corrected chi connectivity index (χ3v) is 1.76. The highest BCUT2D eigenvalue weighted by Crippen LogP contribution is 2.14. The molecular weight excluding hydrogens is 234 g/mol. The largest absolute Gasteiger partial charge is 0.478 e. The molecule has 1 aromatic carbocycles. The summed E-state index contributed by atoms with van der Waals surface area (Å²) in [5.41, 5.74) is -1.22. The molecule has 4 nitrogen and oxygen atoms in total. The summed E-state index contributed by atoms with van der Waals surface area (Å²) in [6.07, 6.45) is 0. The van der Waals surface area contributed by atoms with Gasteiger partial charge in [0.25, 0.3) is 0 Å². The molecule has 0 aliphatic rings. The van der Waals surface area contributed by atoms with Crippen LogP contribution in [0.1, 0.15) is 15.9 Å². The van der Waals surface area contributed by atoms with Crippen LogP contribution in [0.5, 0.6) is 0 Å². The van der Waals surface area contributed by atoms with E-state index in [2.05, 4.69) is 4.74 Å². The van der Waals surface area contributed by atoms with E-state index in [1.54, 1.807) is 0 Å². The van der Waals surface area contributed by atoms with Crippen LogP contribution in [0.3, 0.4) is 0 Å². The maximum absolute atomic E-state index is 13.3. The van der Waals surface area contributed by atoms with Crippen molar-refractivity contribution in [1.82, 2.24) is 0 Å². The number of halogens is 2. The number of hydrogen-bond donors (Lipinski definition) is 1. The zero-order valence-electron chi connectivity index (χ0n) is 8.58. The third-order valence-electron chi connectivity index (χ3n) is 1.76. The minimum atomic E-state index is -1.46. The molecule has 1 N–H and O–H groups in total. The van der Waals surface area contributed by atoms with Crippen molar-refractivity contribution in [3.05, 3.63) is 34.9 Å².